The fourth-order valence-electron chi connectivity index (χ4n) is 2.57. The summed E-state index contributed by atoms with van der Waals surface area (Å²) in [5.41, 5.74) is 1.24. The molecule has 1 aromatic carbocycles. The minimum Gasteiger partial charge on any atom is -0.497 e. The van der Waals surface area contributed by atoms with Crippen LogP contribution in [-0.4, -0.2) is 51.3 Å². The number of piperazine rings is 1. The molecule has 0 saturated carbocycles. The zero-order valence-electron chi connectivity index (χ0n) is 13.7. The molecule has 0 spiro atoms. The lowest BCUT2D eigenvalue weighted by Gasteiger charge is -2.28. The van der Waals surface area contributed by atoms with Crippen molar-refractivity contribution in [2.45, 2.75) is 26.2 Å². The Kier molecular flexibility index (Phi) is 5.48. The van der Waals surface area contributed by atoms with E-state index in [9.17, 15) is 0 Å². The Hall–Kier alpha value is -1.26. The first-order chi connectivity index (χ1) is 10.0. The van der Waals surface area contributed by atoms with E-state index in [1.54, 1.807) is 7.11 Å². The monoisotopic (exact) mass is 292 g/mol. The molecular weight excluding hydrogens is 264 g/mol. The summed E-state index contributed by atoms with van der Waals surface area (Å²) in [6.07, 6.45) is 0. The van der Waals surface area contributed by atoms with Gasteiger partial charge in [-0.15, -0.1) is 0 Å². The zero-order chi connectivity index (χ0) is 15.3. The van der Waals surface area contributed by atoms with Crippen molar-refractivity contribution >= 4 is 0 Å². The number of ether oxygens (including phenoxy) is 2. The molecule has 2 rings (SSSR count). The Balaban J connectivity index is 1.98. The second-order valence-corrected chi connectivity index (χ2v) is 6.55. The van der Waals surface area contributed by atoms with Crippen LogP contribution in [0, 0.1) is 0 Å². The third kappa shape index (κ3) is 4.61. The summed E-state index contributed by atoms with van der Waals surface area (Å²) in [6, 6.07) is 6.08. The van der Waals surface area contributed by atoms with Crippen molar-refractivity contribution in [1.82, 2.24) is 10.2 Å². The molecular formula is C17H28N2O2. The van der Waals surface area contributed by atoms with Crippen LogP contribution in [0.1, 0.15) is 26.3 Å². The SMILES string of the molecule is COc1ccc(OCCN2CCNCC2)c(C(C)(C)C)c1. The lowest BCUT2D eigenvalue weighted by Crippen LogP contribution is -2.44. The molecule has 0 unspecified atom stereocenters. The molecule has 1 aliphatic rings. The molecule has 0 atom stereocenters. The molecule has 1 heterocycles. The van der Waals surface area contributed by atoms with Crippen LogP contribution >= 0.6 is 0 Å². The van der Waals surface area contributed by atoms with Crippen LogP contribution in [0.2, 0.25) is 0 Å². The highest BCUT2D eigenvalue weighted by atomic mass is 16.5. The molecule has 0 bridgehead atoms. The summed E-state index contributed by atoms with van der Waals surface area (Å²) in [6.45, 7) is 12.7. The largest absolute Gasteiger partial charge is 0.497 e. The topological polar surface area (TPSA) is 33.7 Å². The van der Waals surface area contributed by atoms with Gasteiger partial charge in [0, 0.05) is 38.3 Å². The van der Waals surface area contributed by atoms with Crippen LogP contribution in [0.4, 0.5) is 0 Å². The van der Waals surface area contributed by atoms with Crippen LogP contribution in [0.3, 0.4) is 0 Å². The van der Waals surface area contributed by atoms with E-state index in [1.807, 2.05) is 12.1 Å². The number of hydrogen-bond donors (Lipinski definition) is 1. The number of hydrogen-bond acceptors (Lipinski definition) is 4. The second kappa shape index (κ2) is 7.14. The van der Waals surface area contributed by atoms with Gasteiger partial charge >= 0.3 is 0 Å². The number of benzene rings is 1. The van der Waals surface area contributed by atoms with E-state index in [-0.39, 0.29) is 5.41 Å². The minimum absolute atomic E-state index is 0.0406. The van der Waals surface area contributed by atoms with Crippen molar-refractivity contribution in [3.8, 4) is 11.5 Å². The summed E-state index contributed by atoms with van der Waals surface area (Å²) < 4.78 is 11.4. The predicted molar refractivity (Wildman–Crippen MR) is 86.5 cm³/mol. The van der Waals surface area contributed by atoms with Gasteiger partial charge in [-0.1, -0.05) is 20.8 Å². The molecule has 4 heteroatoms. The number of methoxy groups -OCH3 is 1. The van der Waals surface area contributed by atoms with Crippen molar-refractivity contribution in [3.05, 3.63) is 23.8 Å². The summed E-state index contributed by atoms with van der Waals surface area (Å²) in [4.78, 5) is 2.44. The Morgan fingerprint density at radius 1 is 1.19 bits per heavy atom. The highest BCUT2D eigenvalue weighted by molar-refractivity contribution is 5.44. The highest BCUT2D eigenvalue weighted by Crippen LogP contribution is 2.34. The quantitative estimate of drug-likeness (QED) is 0.903. The van der Waals surface area contributed by atoms with Gasteiger partial charge in [0.15, 0.2) is 0 Å². The van der Waals surface area contributed by atoms with Crippen molar-refractivity contribution in [2.75, 3.05) is 46.4 Å². The number of rotatable bonds is 5. The van der Waals surface area contributed by atoms with E-state index < -0.39 is 0 Å². The summed E-state index contributed by atoms with van der Waals surface area (Å²) >= 11 is 0. The first-order valence-corrected chi connectivity index (χ1v) is 7.75. The average Bonchev–Trinajstić information content (AvgIpc) is 2.47. The Labute approximate surface area is 128 Å². The molecule has 1 saturated heterocycles. The number of nitrogens with zero attached hydrogens (tertiary/aromatic N) is 1. The maximum absolute atomic E-state index is 6.05. The van der Waals surface area contributed by atoms with Gasteiger partial charge in [-0.3, -0.25) is 4.90 Å². The van der Waals surface area contributed by atoms with E-state index >= 15 is 0 Å². The molecule has 1 fully saturated rings. The van der Waals surface area contributed by atoms with Crippen molar-refractivity contribution in [1.29, 1.82) is 0 Å². The maximum atomic E-state index is 6.05. The molecule has 0 aliphatic carbocycles. The predicted octanol–water partition coefficient (Wildman–Crippen LogP) is 2.28. The summed E-state index contributed by atoms with van der Waals surface area (Å²) in [5.74, 6) is 1.85. The van der Waals surface area contributed by atoms with Crippen LogP contribution in [0.5, 0.6) is 11.5 Å². The van der Waals surface area contributed by atoms with E-state index in [1.165, 1.54) is 5.56 Å². The van der Waals surface area contributed by atoms with E-state index in [0.717, 1.165) is 50.8 Å². The Bertz CT molecular complexity index is 449. The van der Waals surface area contributed by atoms with Gasteiger partial charge in [0.1, 0.15) is 18.1 Å². The highest BCUT2D eigenvalue weighted by Gasteiger charge is 2.20. The third-order valence-electron chi connectivity index (χ3n) is 3.87. The average molecular weight is 292 g/mol. The summed E-state index contributed by atoms with van der Waals surface area (Å²) in [7, 11) is 1.70. The lowest BCUT2D eigenvalue weighted by atomic mass is 9.86. The van der Waals surface area contributed by atoms with Gasteiger partial charge in [0.05, 0.1) is 7.11 Å². The maximum Gasteiger partial charge on any atom is 0.123 e. The molecule has 4 nitrogen and oxygen atoms in total. The fraction of sp³-hybridized carbons (Fsp3) is 0.647. The van der Waals surface area contributed by atoms with Crippen LogP contribution in [0.15, 0.2) is 18.2 Å². The first-order valence-electron chi connectivity index (χ1n) is 7.75. The van der Waals surface area contributed by atoms with Gasteiger partial charge in [0.2, 0.25) is 0 Å². The van der Waals surface area contributed by atoms with Crippen LogP contribution in [-0.2, 0) is 5.41 Å². The Morgan fingerprint density at radius 3 is 2.52 bits per heavy atom. The van der Waals surface area contributed by atoms with Gasteiger partial charge in [-0.2, -0.15) is 0 Å². The lowest BCUT2D eigenvalue weighted by molar-refractivity contribution is 0.189. The molecule has 1 aromatic rings. The van der Waals surface area contributed by atoms with Gasteiger partial charge in [-0.25, -0.2) is 0 Å². The van der Waals surface area contributed by atoms with E-state index in [4.69, 9.17) is 9.47 Å². The van der Waals surface area contributed by atoms with Crippen molar-refractivity contribution in [3.63, 3.8) is 0 Å². The second-order valence-electron chi connectivity index (χ2n) is 6.55. The smallest absolute Gasteiger partial charge is 0.123 e. The van der Waals surface area contributed by atoms with Gasteiger partial charge in [0.25, 0.3) is 0 Å². The molecule has 1 N–H and O–H groups in total. The molecule has 0 amide bonds. The van der Waals surface area contributed by atoms with E-state index in [0.29, 0.717) is 0 Å². The molecule has 0 aromatic heterocycles. The molecule has 21 heavy (non-hydrogen) atoms. The summed E-state index contributed by atoms with van der Waals surface area (Å²) in [5, 5.41) is 3.37. The molecule has 0 radical (unpaired) electrons. The van der Waals surface area contributed by atoms with E-state index in [2.05, 4.69) is 37.1 Å². The zero-order valence-corrected chi connectivity index (χ0v) is 13.7. The van der Waals surface area contributed by atoms with Crippen LogP contribution < -0.4 is 14.8 Å². The van der Waals surface area contributed by atoms with Crippen molar-refractivity contribution in [2.24, 2.45) is 0 Å². The first kappa shape index (κ1) is 16.1. The molecule has 118 valence electrons. The van der Waals surface area contributed by atoms with Crippen LogP contribution in [0.25, 0.3) is 0 Å². The standard InChI is InChI=1S/C17H28N2O2/c1-17(2,3)15-13-14(20-4)5-6-16(15)21-12-11-19-9-7-18-8-10-19/h5-6,13,18H,7-12H2,1-4H3. The minimum atomic E-state index is 0.0406. The Morgan fingerprint density at radius 2 is 1.90 bits per heavy atom. The van der Waals surface area contributed by atoms with Crippen molar-refractivity contribution < 1.29 is 9.47 Å². The third-order valence-corrected chi connectivity index (χ3v) is 3.87. The van der Waals surface area contributed by atoms with Gasteiger partial charge in [-0.05, 0) is 23.6 Å². The number of nitrogens with one attached hydrogen (secondary N) is 1. The normalized spacial score (nSPS) is 16.8. The molecule has 1 aliphatic heterocycles. The van der Waals surface area contributed by atoms with Gasteiger partial charge < -0.3 is 14.8 Å². The fourth-order valence-corrected chi connectivity index (χ4v) is 2.57.